The van der Waals surface area contributed by atoms with Crippen molar-refractivity contribution in [1.82, 2.24) is 10.4 Å². The zero-order valence-corrected chi connectivity index (χ0v) is 10.1. The van der Waals surface area contributed by atoms with E-state index < -0.39 is 9.84 Å². The Morgan fingerprint density at radius 1 is 1.56 bits per heavy atom. The van der Waals surface area contributed by atoms with Gasteiger partial charge in [-0.2, -0.15) is 0 Å². The molecule has 1 heterocycles. The molecule has 5 nitrogen and oxygen atoms in total. The van der Waals surface area contributed by atoms with Crippen LogP contribution in [-0.4, -0.2) is 25.4 Å². The third kappa shape index (κ3) is 4.69. The second-order valence-corrected chi connectivity index (χ2v) is 6.04. The van der Waals surface area contributed by atoms with E-state index in [-0.39, 0.29) is 11.8 Å². The molecule has 0 bridgehead atoms. The molecule has 1 aromatic heterocycles. The minimum Gasteiger partial charge on any atom is -0.271 e. The molecule has 3 N–H and O–H groups in total. The van der Waals surface area contributed by atoms with Crippen LogP contribution in [0.15, 0.2) is 24.5 Å². The van der Waals surface area contributed by atoms with Gasteiger partial charge in [-0.05, 0) is 24.5 Å². The molecular weight excluding hydrogens is 226 g/mol. The first-order valence-corrected chi connectivity index (χ1v) is 7.13. The van der Waals surface area contributed by atoms with E-state index in [0.717, 1.165) is 5.56 Å². The summed E-state index contributed by atoms with van der Waals surface area (Å²) in [5, 5.41) is 0. The molecule has 1 rings (SSSR count). The van der Waals surface area contributed by atoms with Crippen molar-refractivity contribution in [3.8, 4) is 0 Å². The smallest absolute Gasteiger partial charge is 0.147 e. The van der Waals surface area contributed by atoms with Crippen molar-refractivity contribution < 1.29 is 8.42 Å². The molecule has 1 unspecified atom stereocenters. The van der Waals surface area contributed by atoms with Crippen LogP contribution in [0.5, 0.6) is 0 Å². The lowest BCUT2D eigenvalue weighted by molar-refractivity contribution is 0.506. The second kappa shape index (κ2) is 5.93. The van der Waals surface area contributed by atoms with Crippen molar-refractivity contribution >= 4 is 9.84 Å². The number of hydrazine groups is 1. The summed E-state index contributed by atoms with van der Waals surface area (Å²) < 4.78 is 21.9. The fraction of sp³-hybridized carbons (Fsp3) is 0.500. The van der Waals surface area contributed by atoms with E-state index in [4.69, 9.17) is 5.84 Å². The van der Waals surface area contributed by atoms with Gasteiger partial charge < -0.3 is 0 Å². The standard InChI is InChI=1S/C10H17N3O2S/c1-16(14,15)7-3-5-10(13-11)9-4-2-6-12-8-9/h2,4,6,8,10,13H,3,5,7,11H2,1H3. The van der Waals surface area contributed by atoms with Gasteiger partial charge in [0.15, 0.2) is 0 Å². The maximum Gasteiger partial charge on any atom is 0.147 e. The Morgan fingerprint density at radius 3 is 2.81 bits per heavy atom. The molecule has 0 aliphatic heterocycles. The normalized spacial score (nSPS) is 13.6. The van der Waals surface area contributed by atoms with Gasteiger partial charge in [-0.3, -0.25) is 16.3 Å². The predicted octanol–water partition coefficient (Wildman–Crippen LogP) is 0.411. The molecular formula is C10H17N3O2S. The van der Waals surface area contributed by atoms with Crippen LogP contribution in [0.25, 0.3) is 0 Å². The number of hydrogen-bond acceptors (Lipinski definition) is 5. The molecule has 0 aliphatic carbocycles. The second-order valence-electron chi connectivity index (χ2n) is 3.78. The largest absolute Gasteiger partial charge is 0.271 e. The summed E-state index contributed by atoms with van der Waals surface area (Å²) in [6.45, 7) is 0. The van der Waals surface area contributed by atoms with E-state index in [1.54, 1.807) is 12.4 Å². The highest BCUT2D eigenvalue weighted by Crippen LogP contribution is 2.16. The van der Waals surface area contributed by atoms with Gasteiger partial charge in [-0.25, -0.2) is 8.42 Å². The number of nitrogens with zero attached hydrogens (tertiary/aromatic N) is 1. The van der Waals surface area contributed by atoms with Crippen molar-refractivity contribution in [3.63, 3.8) is 0 Å². The molecule has 0 saturated heterocycles. The number of hydrogen-bond donors (Lipinski definition) is 2. The van der Waals surface area contributed by atoms with Crippen molar-refractivity contribution in [3.05, 3.63) is 30.1 Å². The Labute approximate surface area is 96.0 Å². The lowest BCUT2D eigenvalue weighted by Crippen LogP contribution is -2.28. The van der Waals surface area contributed by atoms with Crippen LogP contribution < -0.4 is 11.3 Å². The molecule has 1 atom stereocenters. The maximum atomic E-state index is 11.0. The third-order valence-corrected chi connectivity index (χ3v) is 3.33. The van der Waals surface area contributed by atoms with Crippen LogP contribution in [0.4, 0.5) is 0 Å². The fourth-order valence-electron chi connectivity index (χ4n) is 1.48. The Morgan fingerprint density at radius 2 is 2.31 bits per heavy atom. The molecule has 0 radical (unpaired) electrons. The Kier molecular flexibility index (Phi) is 4.85. The highest BCUT2D eigenvalue weighted by Gasteiger charge is 2.10. The first kappa shape index (κ1) is 13.1. The molecule has 16 heavy (non-hydrogen) atoms. The zero-order valence-electron chi connectivity index (χ0n) is 9.26. The van der Waals surface area contributed by atoms with Gasteiger partial charge in [0.1, 0.15) is 9.84 Å². The third-order valence-electron chi connectivity index (χ3n) is 2.30. The van der Waals surface area contributed by atoms with E-state index >= 15 is 0 Å². The topological polar surface area (TPSA) is 85.1 Å². The molecule has 0 fully saturated rings. The van der Waals surface area contributed by atoms with E-state index in [2.05, 4.69) is 10.4 Å². The maximum absolute atomic E-state index is 11.0. The Hall–Kier alpha value is -0.980. The van der Waals surface area contributed by atoms with Crippen LogP contribution in [0, 0.1) is 0 Å². The van der Waals surface area contributed by atoms with Crippen LogP contribution in [0.3, 0.4) is 0 Å². The molecule has 0 spiro atoms. The van der Waals surface area contributed by atoms with Crippen LogP contribution in [0.1, 0.15) is 24.4 Å². The number of pyridine rings is 1. The zero-order chi connectivity index (χ0) is 12.0. The van der Waals surface area contributed by atoms with Gasteiger partial charge in [0.05, 0.1) is 0 Å². The summed E-state index contributed by atoms with van der Waals surface area (Å²) in [4.78, 5) is 4.00. The van der Waals surface area contributed by atoms with Crippen molar-refractivity contribution in [2.75, 3.05) is 12.0 Å². The van der Waals surface area contributed by atoms with Gasteiger partial charge >= 0.3 is 0 Å². The van der Waals surface area contributed by atoms with E-state index in [9.17, 15) is 8.42 Å². The summed E-state index contributed by atoms with van der Waals surface area (Å²) in [7, 11) is -2.89. The monoisotopic (exact) mass is 243 g/mol. The van der Waals surface area contributed by atoms with Gasteiger partial charge in [0.2, 0.25) is 0 Å². The molecule has 1 aromatic rings. The van der Waals surface area contributed by atoms with Crippen molar-refractivity contribution in [1.29, 1.82) is 0 Å². The molecule has 0 aromatic carbocycles. The van der Waals surface area contributed by atoms with Crippen LogP contribution >= 0.6 is 0 Å². The molecule has 0 saturated carbocycles. The Bertz CT molecular complexity index is 405. The summed E-state index contributed by atoms with van der Waals surface area (Å²) >= 11 is 0. The van der Waals surface area contributed by atoms with Gasteiger partial charge in [0, 0.05) is 30.4 Å². The molecule has 6 heteroatoms. The van der Waals surface area contributed by atoms with E-state index in [0.29, 0.717) is 12.8 Å². The Balaban J connectivity index is 2.51. The number of nitrogens with one attached hydrogen (secondary N) is 1. The average Bonchev–Trinajstić information content (AvgIpc) is 2.24. The predicted molar refractivity (Wildman–Crippen MR) is 63.2 cm³/mol. The summed E-state index contributed by atoms with van der Waals surface area (Å²) in [5.74, 6) is 5.61. The number of aromatic nitrogens is 1. The SMILES string of the molecule is CS(=O)(=O)CCCC(NN)c1cccnc1. The minimum atomic E-state index is -2.89. The lowest BCUT2D eigenvalue weighted by atomic mass is 10.1. The number of rotatable bonds is 6. The quantitative estimate of drug-likeness (QED) is 0.558. The molecule has 0 aliphatic rings. The summed E-state index contributed by atoms with van der Waals surface area (Å²) in [6, 6.07) is 3.70. The van der Waals surface area contributed by atoms with E-state index in [1.807, 2.05) is 12.1 Å². The van der Waals surface area contributed by atoms with Crippen molar-refractivity contribution in [2.45, 2.75) is 18.9 Å². The number of nitrogens with two attached hydrogens (primary N) is 1. The minimum absolute atomic E-state index is 0.0459. The average molecular weight is 243 g/mol. The molecule has 90 valence electrons. The van der Waals surface area contributed by atoms with E-state index in [1.165, 1.54) is 6.26 Å². The van der Waals surface area contributed by atoms with Crippen LogP contribution in [0.2, 0.25) is 0 Å². The first-order valence-electron chi connectivity index (χ1n) is 5.06. The van der Waals surface area contributed by atoms with Gasteiger partial charge in [-0.1, -0.05) is 6.07 Å². The first-order chi connectivity index (χ1) is 7.53. The lowest BCUT2D eigenvalue weighted by Gasteiger charge is -2.15. The van der Waals surface area contributed by atoms with Crippen LogP contribution in [-0.2, 0) is 9.84 Å². The summed E-state index contributed by atoms with van der Waals surface area (Å²) in [6.07, 6.45) is 5.92. The van der Waals surface area contributed by atoms with Gasteiger partial charge in [-0.15, -0.1) is 0 Å². The number of sulfone groups is 1. The van der Waals surface area contributed by atoms with Crippen molar-refractivity contribution in [2.24, 2.45) is 5.84 Å². The fourth-order valence-corrected chi connectivity index (χ4v) is 2.17. The van der Waals surface area contributed by atoms with Gasteiger partial charge in [0.25, 0.3) is 0 Å². The highest BCUT2D eigenvalue weighted by molar-refractivity contribution is 7.90. The summed E-state index contributed by atoms with van der Waals surface area (Å²) in [5.41, 5.74) is 3.64. The molecule has 0 amide bonds. The highest BCUT2D eigenvalue weighted by atomic mass is 32.2.